The van der Waals surface area contributed by atoms with Gasteiger partial charge in [0.25, 0.3) is 0 Å². The van der Waals surface area contributed by atoms with Crippen LogP contribution in [0.15, 0.2) is 69.1 Å². The molecule has 0 fully saturated rings. The third kappa shape index (κ3) is 4.75. The van der Waals surface area contributed by atoms with E-state index in [2.05, 4.69) is 4.72 Å². The van der Waals surface area contributed by atoms with Gasteiger partial charge in [0.1, 0.15) is 15.3 Å². The van der Waals surface area contributed by atoms with Crippen LogP contribution in [-0.4, -0.2) is 23.4 Å². The van der Waals surface area contributed by atoms with Crippen LogP contribution in [0.5, 0.6) is 0 Å². The maximum Gasteiger partial charge on any atom is 0.240 e. The Morgan fingerprint density at radius 3 is 2.24 bits per heavy atom. The summed E-state index contributed by atoms with van der Waals surface area (Å²) in [6.07, 6.45) is 0. The van der Waals surface area contributed by atoms with Crippen molar-refractivity contribution >= 4 is 31.2 Å². The van der Waals surface area contributed by atoms with Gasteiger partial charge in [-0.25, -0.2) is 25.9 Å². The molecule has 1 atom stereocenters. The monoisotopic (exact) mass is 453 g/mol. The number of hydrogen-bond donors (Lipinski definition) is 1. The Morgan fingerprint density at radius 2 is 1.66 bits per heavy atom. The largest absolute Gasteiger partial charge is 0.240 e. The molecular weight excluding hydrogens is 433 g/mol. The van der Waals surface area contributed by atoms with E-state index >= 15 is 0 Å². The Morgan fingerprint density at radius 1 is 0.966 bits per heavy atom. The number of hydrogen-bond acceptors (Lipinski definition) is 5. The van der Waals surface area contributed by atoms with Crippen LogP contribution < -0.4 is 4.72 Å². The fraction of sp³-hybridized carbons (Fsp3) is 0.200. The average Bonchev–Trinajstić information content (AvgIpc) is 3.21. The summed E-state index contributed by atoms with van der Waals surface area (Å²) in [6.45, 7) is 3.30. The number of rotatable bonds is 7. The first-order valence-corrected chi connectivity index (χ1v) is 12.6. The molecule has 1 aromatic heterocycles. The zero-order valence-corrected chi connectivity index (χ0v) is 18.2. The molecule has 29 heavy (non-hydrogen) atoms. The van der Waals surface area contributed by atoms with Crippen molar-refractivity contribution in [2.45, 2.75) is 28.2 Å². The van der Waals surface area contributed by atoms with Crippen LogP contribution in [0, 0.1) is 19.7 Å². The lowest BCUT2D eigenvalue weighted by Gasteiger charge is -2.18. The highest BCUT2D eigenvalue weighted by Crippen LogP contribution is 2.31. The normalized spacial score (nSPS) is 13.3. The molecule has 0 bridgehead atoms. The van der Waals surface area contributed by atoms with Crippen LogP contribution in [0.4, 0.5) is 4.39 Å². The summed E-state index contributed by atoms with van der Waals surface area (Å²) in [5.74, 6) is -0.503. The van der Waals surface area contributed by atoms with E-state index in [4.69, 9.17) is 0 Å². The Bertz CT molecular complexity index is 1200. The maximum absolute atomic E-state index is 13.3. The highest BCUT2D eigenvalue weighted by molar-refractivity contribution is 7.93. The Labute approximate surface area is 174 Å². The maximum atomic E-state index is 13.3. The van der Waals surface area contributed by atoms with Gasteiger partial charge in [0, 0.05) is 6.54 Å². The lowest BCUT2D eigenvalue weighted by molar-refractivity contribution is 0.569. The molecule has 3 rings (SSSR count). The third-order valence-electron chi connectivity index (χ3n) is 4.64. The Hall–Kier alpha value is -2.07. The van der Waals surface area contributed by atoms with Gasteiger partial charge < -0.3 is 0 Å². The van der Waals surface area contributed by atoms with Gasteiger partial charge in [0.15, 0.2) is 9.84 Å². The van der Waals surface area contributed by atoms with Crippen LogP contribution >= 0.6 is 11.3 Å². The van der Waals surface area contributed by atoms with E-state index < -0.39 is 30.9 Å². The van der Waals surface area contributed by atoms with E-state index in [9.17, 15) is 21.2 Å². The lowest BCUT2D eigenvalue weighted by atomic mass is 10.1. The zero-order chi connectivity index (χ0) is 21.2. The SMILES string of the molecule is Cc1ccc(S(=O)(=O)NC[C@@H](c2ccc(F)cc2)S(=O)(=O)c2cccs2)cc1C. The molecule has 0 aliphatic carbocycles. The highest BCUT2D eigenvalue weighted by Gasteiger charge is 2.31. The first kappa shape index (κ1) is 21.6. The van der Waals surface area contributed by atoms with Crippen LogP contribution in [-0.2, 0) is 19.9 Å². The summed E-state index contributed by atoms with van der Waals surface area (Å²) < 4.78 is 67.6. The second-order valence-corrected chi connectivity index (χ2v) is 11.7. The van der Waals surface area contributed by atoms with Gasteiger partial charge in [-0.3, -0.25) is 0 Å². The van der Waals surface area contributed by atoms with Crippen molar-refractivity contribution in [3.05, 3.63) is 82.5 Å². The highest BCUT2D eigenvalue weighted by atomic mass is 32.2. The number of aryl methyl sites for hydroxylation is 2. The predicted octanol–water partition coefficient (Wildman–Crippen LogP) is 4.00. The fourth-order valence-electron chi connectivity index (χ4n) is 2.80. The quantitative estimate of drug-likeness (QED) is 0.586. The van der Waals surface area contributed by atoms with Gasteiger partial charge in [-0.15, -0.1) is 11.3 Å². The summed E-state index contributed by atoms with van der Waals surface area (Å²) in [4.78, 5) is 0.0620. The van der Waals surface area contributed by atoms with E-state index in [0.29, 0.717) is 5.56 Å². The van der Waals surface area contributed by atoms with Gasteiger partial charge in [-0.1, -0.05) is 24.3 Å². The van der Waals surface area contributed by atoms with E-state index in [0.717, 1.165) is 34.6 Å². The minimum Gasteiger partial charge on any atom is -0.222 e. The average molecular weight is 454 g/mol. The first-order chi connectivity index (χ1) is 13.6. The molecule has 0 saturated carbocycles. The molecule has 3 aromatic rings. The molecule has 0 spiro atoms. The van der Waals surface area contributed by atoms with Crippen molar-refractivity contribution in [2.24, 2.45) is 0 Å². The molecule has 1 heterocycles. The molecule has 2 aromatic carbocycles. The standard InChI is InChI=1S/C20H20FNO4S3/c1-14-5-10-18(12-15(14)2)29(25,26)22-13-19(16-6-8-17(21)9-7-16)28(23,24)20-4-3-11-27-20/h3-12,19,22H,13H2,1-2H3/t19-/m0/s1. The van der Waals surface area contributed by atoms with Crippen molar-refractivity contribution < 1.29 is 21.2 Å². The fourth-order valence-corrected chi connectivity index (χ4v) is 6.90. The second-order valence-electron chi connectivity index (χ2n) is 6.62. The molecule has 1 N–H and O–H groups in total. The number of thiophene rings is 1. The Balaban J connectivity index is 1.95. The molecular formula is C20H20FNO4S3. The van der Waals surface area contributed by atoms with E-state index in [1.807, 2.05) is 6.92 Å². The molecule has 9 heteroatoms. The molecule has 0 saturated heterocycles. The lowest BCUT2D eigenvalue weighted by Crippen LogP contribution is -2.32. The zero-order valence-electron chi connectivity index (χ0n) is 15.8. The van der Waals surface area contributed by atoms with Crippen molar-refractivity contribution in [2.75, 3.05) is 6.54 Å². The van der Waals surface area contributed by atoms with Gasteiger partial charge >= 0.3 is 0 Å². The first-order valence-electron chi connectivity index (χ1n) is 8.71. The van der Waals surface area contributed by atoms with Crippen LogP contribution in [0.3, 0.4) is 0 Å². The van der Waals surface area contributed by atoms with E-state index in [1.54, 1.807) is 30.5 Å². The van der Waals surface area contributed by atoms with Gasteiger partial charge in [-0.2, -0.15) is 0 Å². The summed E-state index contributed by atoms with van der Waals surface area (Å²) in [5, 5.41) is 0.441. The number of nitrogens with one attached hydrogen (secondary N) is 1. The topological polar surface area (TPSA) is 80.3 Å². The van der Waals surface area contributed by atoms with Gasteiger partial charge in [-0.05, 0) is 66.2 Å². The summed E-state index contributed by atoms with van der Waals surface area (Å²) >= 11 is 1.05. The van der Waals surface area contributed by atoms with Crippen molar-refractivity contribution in [1.29, 1.82) is 0 Å². The van der Waals surface area contributed by atoms with Gasteiger partial charge in [0.2, 0.25) is 10.0 Å². The molecule has 0 aliphatic heterocycles. The Kier molecular flexibility index (Phi) is 6.23. The van der Waals surface area contributed by atoms with Gasteiger partial charge in [0.05, 0.1) is 4.90 Å². The van der Waals surface area contributed by atoms with E-state index in [1.165, 1.54) is 24.3 Å². The molecule has 0 amide bonds. The molecule has 0 aliphatic rings. The molecule has 0 unspecified atom stereocenters. The molecule has 5 nitrogen and oxygen atoms in total. The summed E-state index contributed by atoms with van der Waals surface area (Å²) in [6, 6.07) is 12.8. The van der Waals surface area contributed by atoms with Crippen molar-refractivity contribution in [1.82, 2.24) is 4.72 Å². The van der Waals surface area contributed by atoms with Crippen molar-refractivity contribution in [3.8, 4) is 0 Å². The molecule has 154 valence electrons. The van der Waals surface area contributed by atoms with Crippen LogP contribution in [0.1, 0.15) is 21.9 Å². The summed E-state index contributed by atoms with van der Waals surface area (Å²) in [7, 11) is -7.80. The number of benzene rings is 2. The smallest absolute Gasteiger partial charge is 0.222 e. The third-order valence-corrected chi connectivity index (χ3v) is 9.59. The van der Waals surface area contributed by atoms with Crippen molar-refractivity contribution in [3.63, 3.8) is 0 Å². The predicted molar refractivity (Wildman–Crippen MR) is 112 cm³/mol. The van der Waals surface area contributed by atoms with Crippen LogP contribution in [0.25, 0.3) is 0 Å². The van der Waals surface area contributed by atoms with E-state index in [-0.39, 0.29) is 15.6 Å². The number of sulfonamides is 1. The minimum atomic E-state index is -3.92. The molecule has 0 radical (unpaired) electrons. The number of halogens is 1. The van der Waals surface area contributed by atoms with Crippen LogP contribution in [0.2, 0.25) is 0 Å². The number of sulfone groups is 1. The second kappa shape index (κ2) is 8.35. The minimum absolute atomic E-state index is 0.0620. The summed E-state index contributed by atoms with van der Waals surface area (Å²) in [5.41, 5.74) is 2.07.